The Morgan fingerprint density at radius 1 is 1.78 bits per heavy atom. The Kier molecular flexibility index (Phi) is 3.11. The number of carbonyl (C=O) groups is 1. The van der Waals surface area contributed by atoms with E-state index in [1.54, 1.807) is 0 Å². The minimum absolute atomic E-state index is 0.0948. The molecule has 0 aromatic rings. The summed E-state index contributed by atoms with van der Waals surface area (Å²) in [5.74, 6) is -0.865. The zero-order chi connectivity index (χ0) is 7.44. The molecule has 0 aliphatic heterocycles. The summed E-state index contributed by atoms with van der Waals surface area (Å²) >= 11 is -2.53. The fraction of sp³-hybridized carbons (Fsp3) is 0.250. The zero-order valence-corrected chi connectivity index (χ0v) is 5.60. The van der Waals surface area contributed by atoms with E-state index in [0.717, 1.165) is 0 Å². The van der Waals surface area contributed by atoms with E-state index in [9.17, 15) is 9.00 Å². The van der Waals surface area contributed by atoms with Crippen LogP contribution in [0.25, 0.3) is 0 Å². The first-order valence-electron chi connectivity index (χ1n) is 2.03. The summed E-state index contributed by atoms with van der Waals surface area (Å²) in [7, 11) is 0. The first-order valence-corrected chi connectivity index (χ1v) is 3.06. The molecule has 4 nitrogen and oxygen atoms in total. The van der Waals surface area contributed by atoms with Crippen molar-refractivity contribution in [3.63, 3.8) is 0 Å². The Labute approximate surface area is 55.0 Å². The second kappa shape index (κ2) is 3.37. The van der Waals surface area contributed by atoms with Gasteiger partial charge in [-0.25, -0.2) is 4.79 Å². The van der Waals surface area contributed by atoms with E-state index in [1.807, 2.05) is 0 Å². The van der Waals surface area contributed by atoms with Crippen LogP contribution in [0.3, 0.4) is 0 Å². The second-order valence-electron chi connectivity index (χ2n) is 1.37. The predicted molar refractivity (Wildman–Crippen MR) is 31.7 cm³/mol. The second-order valence-corrected chi connectivity index (χ2v) is 1.97. The van der Waals surface area contributed by atoms with Crippen LogP contribution in [0.15, 0.2) is 12.2 Å². The summed E-state index contributed by atoms with van der Waals surface area (Å²) in [5, 5.41) is 0. The summed E-state index contributed by atoms with van der Waals surface area (Å²) in [6.07, 6.45) is 0. The van der Waals surface area contributed by atoms with Crippen LogP contribution in [0.4, 0.5) is 0 Å². The van der Waals surface area contributed by atoms with Crippen LogP contribution in [0.1, 0.15) is 6.92 Å². The molecule has 0 bridgehead atoms. The average molecular weight is 150 g/mol. The van der Waals surface area contributed by atoms with Crippen molar-refractivity contribution in [3.8, 4) is 0 Å². The van der Waals surface area contributed by atoms with Gasteiger partial charge in [-0.05, 0) is 6.92 Å². The van der Waals surface area contributed by atoms with Crippen LogP contribution in [-0.4, -0.2) is 14.7 Å². The van der Waals surface area contributed by atoms with Crippen LogP contribution in [0.5, 0.6) is 0 Å². The van der Waals surface area contributed by atoms with E-state index >= 15 is 0 Å². The molecule has 0 spiro atoms. The van der Waals surface area contributed by atoms with Gasteiger partial charge in [0.25, 0.3) is 0 Å². The van der Waals surface area contributed by atoms with Gasteiger partial charge in [0.05, 0.1) is 0 Å². The highest BCUT2D eigenvalue weighted by Crippen LogP contribution is 1.92. The third kappa shape index (κ3) is 3.87. The van der Waals surface area contributed by atoms with Gasteiger partial charge in [0.2, 0.25) is 0 Å². The fourth-order valence-corrected chi connectivity index (χ4v) is 0.408. The first-order chi connectivity index (χ1) is 4.04. The van der Waals surface area contributed by atoms with Gasteiger partial charge in [-0.1, -0.05) is 6.58 Å². The van der Waals surface area contributed by atoms with Crippen molar-refractivity contribution in [2.75, 3.05) is 0 Å². The Morgan fingerprint density at radius 3 is 2.33 bits per heavy atom. The average Bonchev–Trinajstić information content (AvgIpc) is 1.63. The van der Waals surface area contributed by atoms with Gasteiger partial charge in [-0.2, -0.15) is 4.21 Å². The highest BCUT2D eigenvalue weighted by Gasteiger charge is 2.05. The van der Waals surface area contributed by atoms with Gasteiger partial charge in [-0.3, -0.25) is 4.55 Å². The molecule has 0 aromatic heterocycles. The van der Waals surface area contributed by atoms with Gasteiger partial charge < -0.3 is 4.18 Å². The van der Waals surface area contributed by atoms with Crippen molar-refractivity contribution in [1.82, 2.24) is 0 Å². The Hall–Kier alpha value is -0.680. The lowest BCUT2D eigenvalue weighted by atomic mass is 10.4. The molecule has 9 heavy (non-hydrogen) atoms. The molecular formula is C4H6O4S. The van der Waals surface area contributed by atoms with Crippen LogP contribution in [0, 0.1) is 0 Å². The molecule has 0 heterocycles. The van der Waals surface area contributed by atoms with E-state index in [4.69, 9.17) is 4.55 Å². The lowest BCUT2D eigenvalue weighted by molar-refractivity contribution is -0.129. The number of hydrogen-bond donors (Lipinski definition) is 1. The third-order valence-corrected chi connectivity index (χ3v) is 0.789. The fourth-order valence-electron chi connectivity index (χ4n) is 0.136. The van der Waals surface area contributed by atoms with Crippen LogP contribution in [-0.2, 0) is 20.3 Å². The maximum absolute atomic E-state index is 10.3. The molecule has 0 saturated carbocycles. The van der Waals surface area contributed by atoms with E-state index in [-0.39, 0.29) is 5.57 Å². The molecule has 0 saturated heterocycles. The normalized spacial score (nSPS) is 12.2. The van der Waals surface area contributed by atoms with E-state index in [1.165, 1.54) is 6.92 Å². The van der Waals surface area contributed by atoms with Gasteiger partial charge in [0, 0.05) is 5.57 Å². The van der Waals surface area contributed by atoms with Crippen LogP contribution < -0.4 is 0 Å². The van der Waals surface area contributed by atoms with Gasteiger partial charge >= 0.3 is 17.3 Å². The molecule has 0 aliphatic rings. The Balaban J connectivity index is 3.79. The molecule has 1 atom stereocenters. The summed E-state index contributed by atoms with van der Waals surface area (Å²) in [6, 6.07) is 0. The van der Waals surface area contributed by atoms with Crippen LogP contribution in [0.2, 0.25) is 0 Å². The standard InChI is InChI=1S/C4H6O4S/c1-3(2)4(5)8-9(6)7/h1H2,2H3,(H,6,7). The number of hydrogen-bond acceptors (Lipinski definition) is 3. The van der Waals surface area contributed by atoms with Crippen molar-refractivity contribution in [2.24, 2.45) is 0 Å². The zero-order valence-electron chi connectivity index (χ0n) is 4.79. The van der Waals surface area contributed by atoms with Gasteiger partial charge in [-0.15, -0.1) is 0 Å². The molecule has 0 fully saturated rings. The van der Waals surface area contributed by atoms with Crippen molar-refractivity contribution in [2.45, 2.75) is 6.92 Å². The van der Waals surface area contributed by atoms with Crippen molar-refractivity contribution < 1.29 is 17.7 Å². The predicted octanol–water partition coefficient (Wildman–Crippen LogP) is 0.242. The smallest absolute Gasteiger partial charge is 0.339 e. The Bertz CT molecular complexity index is 162. The van der Waals surface area contributed by atoms with Crippen molar-refractivity contribution in [3.05, 3.63) is 12.2 Å². The maximum Gasteiger partial charge on any atom is 0.360 e. The third-order valence-electron chi connectivity index (χ3n) is 0.495. The van der Waals surface area contributed by atoms with Crippen molar-refractivity contribution >= 4 is 17.3 Å². The highest BCUT2D eigenvalue weighted by atomic mass is 32.2. The lowest BCUT2D eigenvalue weighted by Crippen LogP contribution is -2.06. The molecule has 0 aliphatic carbocycles. The number of carbonyl (C=O) groups excluding carboxylic acids is 1. The summed E-state index contributed by atoms with van der Waals surface area (Å²) in [4.78, 5) is 10.3. The SMILES string of the molecule is C=C(C)C(=O)OS(=O)O. The molecule has 0 radical (unpaired) electrons. The minimum atomic E-state index is -2.53. The molecule has 0 rings (SSSR count). The highest BCUT2D eigenvalue weighted by molar-refractivity contribution is 7.74. The lowest BCUT2D eigenvalue weighted by Gasteiger charge is -1.93. The van der Waals surface area contributed by atoms with Gasteiger partial charge in [0.15, 0.2) is 0 Å². The maximum atomic E-state index is 10.3. The minimum Gasteiger partial charge on any atom is -0.339 e. The molecule has 0 aromatic carbocycles. The number of rotatable bonds is 2. The van der Waals surface area contributed by atoms with E-state index in [0.29, 0.717) is 0 Å². The molecule has 1 N–H and O–H groups in total. The molecule has 52 valence electrons. The molecule has 1 unspecified atom stereocenters. The molecule has 0 amide bonds. The quantitative estimate of drug-likeness (QED) is 0.452. The largest absolute Gasteiger partial charge is 0.360 e. The molecule has 5 heteroatoms. The topological polar surface area (TPSA) is 63.6 Å². The molecular weight excluding hydrogens is 144 g/mol. The first kappa shape index (κ1) is 8.32. The van der Waals surface area contributed by atoms with E-state index < -0.39 is 17.3 Å². The summed E-state index contributed by atoms with van der Waals surface area (Å²) in [5.41, 5.74) is 0.0948. The summed E-state index contributed by atoms with van der Waals surface area (Å²) < 4.78 is 21.5. The van der Waals surface area contributed by atoms with Crippen LogP contribution >= 0.6 is 0 Å². The van der Waals surface area contributed by atoms with Crippen molar-refractivity contribution in [1.29, 1.82) is 0 Å². The summed E-state index contributed by atoms with van der Waals surface area (Å²) in [6.45, 7) is 4.57. The van der Waals surface area contributed by atoms with Gasteiger partial charge in [0.1, 0.15) is 0 Å². The monoisotopic (exact) mass is 150 g/mol. The Morgan fingerprint density at radius 2 is 2.22 bits per heavy atom. The van der Waals surface area contributed by atoms with E-state index in [2.05, 4.69) is 10.8 Å².